The van der Waals surface area contributed by atoms with Crippen LogP contribution in [0.2, 0.25) is 0 Å². The van der Waals surface area contributed by atoms with Gasteiger partial charge in [-0.15, -0.1) is 0 Å². The van der Waals surface area contributed by atoms with Crippen molar-refractivity contribution in [2.75, 3.05) is 30.0 Å². The van der Waals surface area contributed by atoms with Crippen LogP contribution in [0.1, 0.15) is 0 Å². The summed E-state index contributed by atoms with van der Waals surface area (Å²) in [6.07, 6.45) is 1.82. The van der Waals surface area contributed by atoms with Crippen molar-refractivity contribution in [1.82, 2.24) is 4.98 Å². The molecule has 0 aliphatic heterocycles. The van der Waals surface area contributed by atoms with E-state index in [1.807, 2.05) is 38.5 Å². The van der Waals surface area contributed by atoms with Crippen LogP contribution in [-0.2, 0) is 0 Å². The molecule has 0 saturated carbocycles. The maximum absolute atomic E-state index is 6.59. The second-order valence-electron chi connectivity index (χ2n) is 7.88. The fraction of sp³-hybridized carbons (Fsp3) is 0.0741. The molecule has 4 aromatic carbocycles. The maximum atomic E-state index is 6.59. The van der Waals surface area contributed by atoms with Gasteiger partial charge in [0.1, 0.15) is 5.82 Å². The Morgan fingerprint density at radius 2 is 1.39 bits per heavy atom. The average Bonchev–Trinajstić information content (AvgIpc) is 2.80. The van der Waals surface area contributed by atoms with Crippen LogP contribution < -0.4 is 16.0 Å². The van der Waals surface area contributed by atoms with Crippen LogP contribution in [0.15, 0.2) is 91.1 Å². The first kappa shape index (κ1) is 18.9. The average molecular weight is 405 g/mol. The SMILES string of the molecule is CN(C)c1ccnc(Nc2ccc3ccccc3c2-c2c(N)ccc3ccccc23)c1. The lowest BCUT2D eigenvalue weighted by Crippen LogP contribution is -2.09. The molecule has 0 bridgehead atoms. The zero-order valence-electron chi connectivity index (χ0n) is 17.6. The van der Waals surface area contributed by atoms with Gasteiger partial charge in [0.2, 0.25) is 0 Å². The van der Waals surface area contributed by atoms with Gasteiger partial charge in [-0.2, -0.15) is 0 Å². The molecule has 1 heterocycles. The molecule has 1 aromatic heterocycles. The molecule has 152 valence electrons. The summed E-state index contributed by atoms with van der Waals surface area (Å²) in [4.78, 5) is 6.61. The Bertz CT molecular complexity index is 1410. The molecule has 0 aliphatic rings. The molecule has 0 spiro atoms. The summed E-state index contributed by atoms with van der Waals surface area (Å²) in [6.45, 7) is 0. The number of nitrogens with one attached hydrogen (secondary N) is 1. The zero-order valence-corrected chi connectivity index (χ0v) is 17.6. The Morgan fingerprint density at radius 1 is 0.742 bits per heavy atom. The van der Waals surface area contributed by atoms with Crippen molar-refractivity contribution in [3.8, 4) is 11.1 Å². The van der Waals surface area contributed by atoms with Gasteiger partial charge >= 0.3 is 0 Å². The van der Waals surface area contributed by atoms with Gasteiger partial charge in [0.25, 0.3) is 0 Å². The molecule has 4 heteroatoms. The van der Waals surface area contributed by atoms with Crippen molar-refractivity contribution in [2.45, 2.75) is 0 Å². The second kappa shape index (κ2) is 7.65. The summed E-state index contributed by atoms with van der Waals surface area (Å²) < 4.78 is 0. The number of anilines is 4. The lowest BCUT2D eigenvalue weighted by Gasteiger charge is -2.19. The number of pyridine rings is 1. The first-order valence-corrected chi connectivity index (χ1v) is 10.3. The van der Waals surface area contributed by atoms with Gasteiger partial charge in [-0.25, -0.2) is 4.98 Å². The van der Waals surface area contributed by atoms with E-state index in [1.165, 1.54) is 10.8 Å². The number of hydrogen-bond donors (Lipinski definition) is 2. The van der Waals surface area contributed by atoms with Gasteiger partial charge in [0.05, 0.1) is 0 Å². The van der Waals surface area contributed by atoms with Gasteiger partial charge in [0.15, 0.2) is 0 Å². The number of rotatable bonds is 4. The fourth-order valence-electron chi connectivity index (χ4n) is 4.12. The Labute approximate surface area is 182 Å². The minimum Gasteiger partial charge on any atom is -0.398 e. The highest BCUT2D eigenvalue weighted by molar-refractivity contribution is 6.13. The number of nitrogens with zero attached hydrogens (tertiary/aromatic N) is 2. The summed E-state index contributed by atoms with van der Waals surface area (Å²) in [5.74, 6) is 0.793. The van der Waals surface area contributed by atoms with Crippen LogP contribution in [0.3, 0.4) is 0 Å². The molecule has 31 heavy (non-hydrogen) atoms. The molecule has 0 aliphatic carbocycles. The van der Waals surface area contributed by atoms with E-state index in [9.17, 15) is 0 Å². The van der Waals surface area contributed by atoms with E-state index in [0.29, 0.717) is 0 Å². The minimum atomic E-state index is 0.758. The van der Waals surface area contributed by atoms with E-state index in [-0.39, 0.29) is 0 Å². The third-order valence-electron chi connectivity index (χ3n) is 5.66. The highest BCUT2D eigenvalue weighted by atomic mass is 15.1. The van der Waals surface area contributed by atoms with Crippen molar-refractivity contribution in [3.05, 3.63) is 91.1 Å². The van der Waals surface area contributed by atoms with Crippen LogP contribution in [0.25, 0.3) is 32.7 Å². The number of nitrogen functional groups attached to an aromatic ring is 1. The normalized spacial score (nSPS) is 11.0. The van der Waals surface area contributed by atoms with Crippen molar-refractivity contribution in [1.29, 1.82) is 0 Å². The minimum absolute atomic E-state index is 0.758. The highest BCUT2D eigenvalue weighted by Gasteiger charge is 2.16. The van der Waals surface area contributed by atoms with Crippen LogP contribution in [0.4, 0.5) is 22.9 Å². The fourth-order valence-corrected chi connectivity index (χ4v) is 4.12. The molecule has 3 N–H and O–H groups in total. The number of hydrogen-bond acceptors (Lipinski definition) is 4. The lowest BCUT2D eigenvalue weighted by atomic mass is 9.91. The van der Waals surface area contributed by atoms with Gasteiger partial charge < -0.3 is 16.0 Å². The predicted octanol–water partition coefficient (Wildman–Crippen LogP) is 6.45. The number of nitrogens with two attached hydrogens (primary N) is 1. The first-order chi connectivity index (χ1) is 15.1. The van der Waals surface area contributed by atoms with Gasteiger partial charge in [-0.05, 0) is 39.7 Å². The smallest absolute Gasteiger partial charge is 0.132 e. The van der Waals surface area contributed by atoms with E-state index in [2.05, 4.69) is 81.9 Å². The molecule has 0 saturated heterocycles. The van der Waals surface area contributed by atoms with E-state index in [4.69, 9.17) is 5.73 Å². The van der Waals surface area contributed by atoms with E-state index in [1.54, 1.807) is 0 Å². The summed E-state index contributed by atoms with van der Waals surface area (Å²) in [5, 5.41) is 8.18. The predicted molar refractivity (Wildman–Crippen MR) is 133 cm³/mol. The van der Waals surface area contributed by atoms with Crippen molar-refractivity contribution < 1.29 is 0 Å². The van der Waals surface area contributed by atoms with Gasteiger partial charge in [-0.3, -0.25) is 0 Å². The topological polar surface area (TPSA) is 54.2 Å². The number of aromatic nitrogens is 1. The highest BCUT2D eigenvalue weighted by Crippen LogP contribution is 2.43. The van der Waals surface area contributed by atoms with Gasteiger partial charge in [0, 0.05) is 54.5 Å². The number of fused-ring (bicyclic) bond motifs is 2. The van der Waals surface area contributed by atoms with Crippen LogP contribution in [0.5, 0.6) is 0 Å². The van der Waals surface area contributed by atoms with E-state index >= 15 is 0 Å². The Morgan fingerprint density at radius 3 is 2.10 bits per heavy atom. The van der Waals surface area contributed by atoms with Crippen LogP contribution >= 0.6 is 0 Å². The molecule has 0 radical (unpaired) electrons. The zero-order chi connectivity index (χ0) is 21.4. The van der Waals surface area contributed by atoms with Crippen molar-refractivity contribution in [3.63, 3.8) is 0 Å². The Balaban J connectivity index is 1.78. The summed E-state index contributed by atoms with van der Waals surface area (Å²) in [6, 6.07) is 29.2. The van der Waals surface area contributed by atoms with E-state index in [0.717, 1.165) is 44.8 Å². The standard InChI is InChI=1S/C27H24N4/c1-31(2)20-15-16-29-25(17-20)30-24-14-12-19-8-4-6-10-22(19)27(24)26-21-9-5-3-7-18(21)11-13-23(26)28/h3-17H,28H2,1-2H3,(H,29,30). The Hall–Kier alpha value is -4.05. The third kappa shape index (κ3) is 3.42. The molecule has 4 nitrogen and oxygen atoms in total. The third-order valence-corrected chi connectivity index (χ3v) is 5.66. The molecule has 0 amide bonds. The van der Waals surface area contributed by atoms with Crippen molar-refractivity contribution >= 4 is 44.4 Å². The largest absolute Gasteiger partial charge is 0.398 e. The summed E-state index contributed by atoms with van der Waals surface area (Å²) in [5.41, 5.74) is 11.5. The molecule has 5 aromatic rings. The van der Waals surface area contributed by atoms with Crippen LogP contribution in [-0.4, -0.2) is 19.1 Å². The first-order valence-electron chi connectivity index (χ1n) is 10.3. The monoisotopic (exact) mass is 404 g/mol. The molecule has 0 unspecified atom stereocenters. The molecule has 0 fully saturated rings. The second-order valence-corrected chi connectivity index (χ2v) is 7.88. The summed E-state index contributed by atoms with van der Waals surface area (Å²) in [7, 11) is 4.05. The van der Waals surface area contributed by atoms with Crippen molar-refractivity contribution in [2.24, 2.45) is 0 Å². The van der Waals surface area contributed by atoms with E-state index < -0.39 is 0 Å². The van der Waals surface area contributed by atoms with Gasteiger partial charge in [-0.1, -0.05) is 60.7 Å². The maximum Gasteiger partial charge on any atom is 0.132 e. The Kier molecular flexibility index (Phi) is 4.68. The van der Waals surface area contributed by atoms with Crippen LogP contribution in [0, 0.1) is 0 Å². The molecular weight excluding hydrogens is 380 g/mol. The number of benzene rings is 4. The summed E-state index contributed by atoms with van der Waals surface area (Å²) >= 11 is 0. The molecular formula is C27H24N4. The quantitative estimate of drug-likeness (QED) is 0.338. The molecule has 5 rings (SSSR count). The lowest BCUT2D eigenvalue weighted by molar-refractivity contribution is 1.12. The molecule has 0 atom stereocenters.